The fourth-order valence-electron chi connectivity index (χ4n) is 1.44. The normalized spacial score (nSPS) is 9.89. The van der Waals surface area contributed by atoms with Crippen LogP contribution in [0.5, 0.6) is 0 Å². The van der Waals surface area contributed by atoms with Gasteiger partial charge in [0.25, 0.3) is 0 Å². The van der Waals surface area contributed by atoms with Crippen LogP contribution in [0.15, 0.2) is 6.07 Å². The van der Waals surface area contributed by atoms with E-state index in [1.807, 2.05) is 0 Å². The van der Waals surface area contributed by atoms with E-state index in [1.54, 1.807) is 20.0 Å². The standard InChI is InChI=1S/C10H16N6O2/c1-6-14-9(13-2)3-10(15-6)16(4-7(11)17)5-8(12)18/h3H,4-5H2,1-2H3,(H2,11,17)(H2,12,18)(H,13,14,15). The first-order chi connectivity index (χ1) is 8.42. The third-order valence-electron chi connectivity index (χ3n) is 2.10. The summed E-state index contributed by atoms with van der Waals surface area (Å²) in [5.74, 6) is 0.369. The van der Waals surface area contributed by atoms with Gasteiger partial charge in [0.2, 0.25) is 11.8 Å². The van der Waals surface area contributed by atoms with Crippen LogP contribution in [0.4, 0.5) is 11.6 Å². The number of carbonyl (C=O) groups excluding carboxylic acids is 2. The molecule has 2 amide bonds. The Kier molecular flexibility index (Phi) is 4.41. The smallest absolute Gasteiger partial charge is 0.237 e. The lowest BCUT2D eigenvalue weighted by molar-refractivity contribution is -0.117. The van der Waals surface area contributed by atoms with Gasteiger partial charge in [0.05, 0.1) is 13.1 Å². The third-order valence-corrected chi connectivity index (χ3v) is 2.10. The van der Waals surface area contributed by atoms with Gasteiger partial charge in [-0.1, -0.05) is 0 Å². The lowest BCUT2D eigenvalue weighted by Gasteiger charge is -2.21. The molecule has 0 unspecified atom stereocenters. The minimum absolute atomic E-state index is 0.136. The van der Waals surface area contributed by atoms with Gasteiger partial charge in [-0.2, -0.15) is 0 Å². The fourth-order valence-corrected chi connectivity index (χ4v) is 1.44. The van der Waals surface area contributed by atoms with Crippen molar-refractivity contribution in [1.82, 2.24) is 9.97 Å². The molecule has 0 spiro atoms. The van der Waals surface area contributed by atoms with Crippen molar-refractivity contribution >= 4 is 23.5 Å². The zero-order chi connectivity index (χ0) is 13.7. The van der Waals surface area contributed by atoms with Gasteiger partial charge >= 0.3 is 0 Å². The van der Waals surface area contributed by atoms with Crippen LogP contribution in [0.25, 0.3) is 0 Å². The number of aromatic nitrogens is 2. The molecule has 0 aromatic carbocycles. The maximum atomic E-state index is 11.0. The second-order valence-electron chi connectivity index (χ2n) is 3.70. The highest BCUT2D eigenvalue weighted by Crippen LogP contribution is 2.15. The molecule has 5 N–H and O–H groups in total. The number of hydrogen-bond acceptors (Lipinski definition) is 6. The van der Waals surface area contributed by atoms with Crippen LogP contribution in [0.1, 0.15) is 5.82 Å². The summed E-state index contributed by atoms with van der Waals surface area (Å²) in [5.41, 5.74) is 10.2. The van der Waals surface area contributed by atoms with Crippen molar-refractivity contribution in [3.8, 4) is 0 Å². The van der Waals surface area contributed by atoms with Crippen molar-refractivity contribution < 1.29 is 9.59 Å². The number of primary amides is 2. The largest absolute Gasteiger partial charge is 0.373 e. The Labute approximate surface area is 104 Å². The average Bonchev–Trinajstić information content (AvgIpc) is 2.26. The highest BCUT2D eigenvalue weighted by molar-refractivity contribution is 5.84. The summed E-state index contributed by atoms with van der Waals surface area (Å²) in [6, 6.07) is 1.61. The molecule has 0 aliphatic carbocycles. The predicted octanol–water partition coefficient (Wildman–Crippen LogP) is -1.40. The number of carbonyl (C=O) groups is 2. The summed E-state index contributed by atoms with van der Waals surface area (Å²) in [4.78, 5) is 31.6. The minimum Gasteiger partial charge on any atom is -0.373 e. The zero-order valence-electron chi connectivity index (χ0n) is 10.3. The third kappa shape index (κ3) is 3.89. The second kappa shape index (κ2) is 5.80. The van der Waals surface area contributed by atoms with Gasteiger partial charge in [-0.3, -0.25) is 9.59 Å². The number of nitrogens with two attached hydrogens (primary N) is 2. The van der Waals surface area contributed by atoms with Crippen molar-refractivity contribution in [2.24, 2.45) is 11.5 Å². The number of nitrogens with zero attached hydrogens (tertiary/aromatic N) is 3. The summed E-state index contributed by atoms with van der Waals surface area (Å²) in [5, 5.41) is 2.86. The number of hydrogen-bond donors (Lipinski definition) is 3. The van der Waals surface area contributed by atoms with Crippen LogP contribution >= 0.6 is 0 Å². The summed E-state index contributed by atoms with van der Waals surface area (Å²) in [7, 11) is 1.71. The number of amides is 2. The van der Waals surface area contributed by atoms with Crippen molar-refractivity contribution in [2.75, 3.05) is 30.4 Å². The number of rotatable bonds is 6. The highest BCUT2D eigenvalue weighted by atomic mass is 16.2. The molecule has 1 aromatic heterocycles. The Morgan fingerprint density at radius 1 is 1.28 bits per heavy atom. The maximum Gasteiger partial charge on any atom is 0.237 e. The Hall–Kier alpha value is -2.38. The highest BCUT2D eigenvalue weighted by Gasteiger charge is 2.14. The topological polar surface area (TPSA) is 127 Å². The van der Waals surface area contributed by atoms with Crippen molar-refractivity contribution in [1.29, 1.82) is 0 Å². The molecule has 0 saturated heterocycles. The van der Waals surface area contributed by atoms with Crippen LogP contribution in [0, 0.1) is 6.92 Å². The molecule has 0 aliphatic rings. The Balaban J connectivity index is 3.06. The molecule has 1 rings (SSSR count). The van der Waals surface area contributed by atoms with Gasteiger partial charge in [0, 0.05) is 13.1 Å². The number of anilines is 2. The van der Waals surface area contributed by atoms with Gasteiger partial charge in [-0.15, -0.1) is 0 Å². The van der Waals surface area contributed by atoms with Gasteiger partial charge in [-0.25, -0.2) is 9.97 Å². The first-order valence-electron chi connectivity index (χ1n) is 5.27. The Morgan fingerprint density at radius 3 is 2.28 bits per heavy atom. The first kappa shape index (κ1) is 13.7. The number of nitrogens with one attached hydrogen (secondary N) is 1. The Bertz CT molecular complexity index is 446. The molecule has 1 aromatic rings. The molecule has 8 nitrogen and oxygen atoms in total. The molecule has 0 radical (unpaired) electrons. The van der Waals surface area contributed by atoms with E-state index < -0.39 is 11.8 Å². The molecule has 8 heteroatoms. The fraction of sp³-hybridized carbons (Fsp3) is 0.400. The molecule has 0 aliphatic heterocycles. The molecule has 1 heterocycles. The molecule has 0 atom stereocenters. The summed E-state index contributed by atoms with van der Waals surface area (Å²) in [6.45, 7) is 1.43. The van der Waals surface area contributed by atoms with Crippen molar-refractivity contribution in [3.63, 3.8) is 0 Å². The van der Waals surface area contributed by atoms with Gasteiger partial charge in [0.1, 0.15) is 17.5 Å². The van der Waals surface area contributed by atoms with Crippen LogP contribution in [0.3, 0.4) is 0 Å². The summed E-state index contributed by atoms with van der Waals surface area (Å²) < 4.78 is 0. The lowest BCUT2D eigenvalue weighted by atomic mass is 10.4. The Morgan fingerprint density at radius 2 is 1.83 bits per heavy atom. The summed E-state index contributed by atoms with van der Waals surface area (Å²) >= 11 is 0. The minimum atomic E-state index is -0.571. The molecule has 0 saturated carbocycles. The molecular weight excluding hydrogens is 236 g/mol. The summed E-state index contributed by atoms with van der Waals surface area (Å²) in [6.07, 6.45) is 0. The maximum absolute atomic E-state index is 11.0. The SMILES string of the molecule is CNc1cc(N(CC(N)=O)CC(N)=O)nc(C)n1. The second-order valence-corrected chi connectivity index (χ2v) is 3.70. The van der Waals surface area contributed by atoms with Crippen LogP contribution in [-0.2, 0) is 9.59 Å². The van der Waals surface area contributed by atoms with E-state index in [4.69, 9.17) is 11.5 Å². The van der Waals surface area contributed by atoms with Crippen LogP contribution in [-0.4, -0.2) is 41.9 Å². The molecular formula is C10H16N6O2. The van der Waals surface area contributed by atoms with Crippen molar-refractivity contribution in [3.05, 3.63) is 11.9 Å². The van der Waals surface area contributed by atoms with Crippen molar-refractivity contribution in [2.45, 2.75) is 6.92 Å². The zero-order valence-corrected chi connectivity index (χ0v) is 10.3. The molecule has 0 fully saturated rings. The van der Waals surface area contributed by atoms with Gasteiger partial charge in [0.15, 0.2) is 0 Å². The lowest BCUT2D eigenvalue weighted by Crippen LogP contribution is -2.40. The van der Waals surface area contributed by atoms with E-state index in [0.29, 0.717) is 17.5 Å². The average molecular weight is 252 g/mol. The van der Waals surface area contributed by atoms with Crippen LogP contribution < -0.4 is 21.7 Å². The van der Waals surface area contributed by atoms with Crippen LogP contribution in [0.2, 0.25) is 0 Å². The van der Waals surface area contributed by atoms with E-state index in [0.717, 1.165) is 0 Å². The monoisotopic (exact) mass is 252 g/mol. The quantitative estimate of drug-likeness (QED) is 0.571. The van der Waals surface area contributed by atoms with Gasteiger partial charge < -0.3 is 21.7 Å². The van der Waals surface area contributed by atoms with E-state index in [1.165, 1.54) is 4.90 Å². The number of aryl methyl sites for hydroxylation is 1. The van der Waals surface area contributed by atoms with Gasteiger partial charge in [-0.05, 0) is 6.92 Å². The van der Waals surface area contributed by atoms with E-state index in [-0.39, 0.29) is 13.1 Å². The predicted molar refractivity (Wildman–Crippen MR) is 66.9 cm³/mol. The van der Waals surface area contributed by atoms with E-state index >= 15 is 0 Å². The molecule has 98 valence electrons. The first-order valence-corrected chi connectivity index (χ1v) is 5.27. The molecule has 0 bridgehead atoms. The van der Waals surface area contributed by atoms with E-state index in [9.17, 15) is 9.59 Å². The molecule has 18 heavy (non-hydrogen) atoms. The van der Waals surface area contributed by atoms with E-state index in [2.05, 4.69) is 15.3 Å².